The van der Waals surface area contributed by atoms with E-state index in [0.29, 0.717) is 6.54 Å². The van der Waals surface area contributed by atoms with Crippen LogP contribution in [0.5, 0.6) is 5.75 Å². The third kappa shape index (κ3) is 3.40. The van der Waals surface area contributed by atoms with Crippen LogP contribution in [0.4, 0.5) is 4.79 Å². The smallest absolute Gasteiger partial charge is 0.316 e. The molecule has 0 aliphatic heterocycles. The number of rotatable bonds is 4. The van der Waals surface area contributed by atoms with E-state index >= 15 is 0 Å². The number of benzene rings is 1. The third-order valence-corrected chi connectivity index (χ3v) is 3.61. The number of amides is 2. The number of hydrogen-bond donors (Lipinski definition) is 1. The molecule has 0 unspecified atom stereocenters. The molecular formula is C15H24N2O2. The number of ether oxygens (including phenoxy) is 1. The fraction of sp³-hybridized carbons (Fsp3) is 0.533. The SMILES string of the molecule is CNC(=O)N(C)CCc1cc(C)c(OC)c(C)c1C. The second-order valence-corrected chi connectivity index (χ2v) is 4.86. The summed E-state index contributed by atoms with van der Waals surface area (Å²) in [7, 11) is 5.15. The number of carbonyl (C=O) groups is 1. The molecule has 0 heterocycles. The van der Waals surface area contributed by atoms with Crippen molar-refractivity contribution in [3.8, 4) is 5.75 Å². The van der Waals surface area contributed by atoms with E-state index in [1.807, 2.05) is 0 Å². The van der Waals surface area contributed by atoms with Gasteiger partial charge in [0.1, 0.15) is 5.75 Å². The lowest BCUT2D eigenvalue weighted by molar-refractivity contribution is 0.211. The molecule has 4 nitrogen and oxygen atoms in total. The molecule has 106 valence electrons. The second kappa shape index (κ2) is 6.45. The molecule has 0 atom stereocenters. The molecule has 0 fully saturated rings. The van der Waals surface area contributed by atoms with E-state index in [9.17, 15) is 4.79 Å². The Bertz CT molecular complexity index is 470. The molecule has 0 aliphatic carbocycles. The van der Waals surface area contributed by atoms with E-state index < -0.39 is 0 Å². The minimum atomic E-state index is -0.0559. The number of carbonyl (C=O) groups excluding carboxylic acids is 1. The van der Waals surface area contributed by atoms with Crippen molar-refractivity contribution >= 4 is 6.03 Å². The van der Waals surface area contributed by atoms with Gasteiger partial charge in [0.25, 0.3) is 0 Å². The zero-order valence-corrected chi connectivity index (χ0v) is 12.8. The van der Waals surface area contributed by atoms with Crippen molar-refractivity contribution < 1.29 is 9.53 Å². The zero-order valence-electron chi connectivity index (χ0n) is 12.8. The number of nitrogens with one attached hydrogen (secondary N) is 1. The number of urea groups is 1. The van der Waals surface area contributed by atoms with Crippen LogP contribution in [0.3, 0.4) is 0 Å². The van der Waals surface area contributed by atoms with E-state index in [-0.39, 0.29) is 6.03 Å². The molecule has 0 saturated heterocycles. The summed E-state index contributed by atoms with van der Waals surface area (Å²) >= 11 is 0. The Kier molecular flexibility index (Phi) is 5.21. The maximum absolute atomic E-state index is 11.4. The number of hydrogen-bond acceptors (Lipinski definition) is 2. The average Bonchev–Trinajstić information content (AvgIpc) is 2.40. The minimum absolute atomic E-state index is 0.0559. The standard InChI is InChI=1S/C15H24N2O2/c1-10-9-13(7-8-17(5)15(18)16-4)11(2)12(3)14(10)19-6/h9H,7-8H2,1-6H3,(H,16,18). The molecule has 1 N–H and O–H groups in total. The van der Waals surface area contributed by atoms with Gasteiger partial charge in [-0.2, -0.15) is 0 Å². The average molecular weight is 264 g/mol. The van der Waals surface area contributed by atoms with Crippen molar-refractivity contribution in [2.24, 2.45) is 0 Å². The highest BCUT2D eigenvalue weighted by molar-refractivity contribution is 5.73. The third-order valence-electron chi connectivity index (χ3n) is 3.61. The van der Waals surface area contributed by atoms with Gasteiger partial charge in [-0.1, -0.05) is 6.07 Å². The minimum Gasteiger partial charge on any atom is -0.496 e. The molecule has 0 spiro atoms. The molecule has 1 aromatic rings. The quantitative estimate of drug-likeness (QED) is 0.907. The van der Waals surface area contributed by atoms with E-state index in [2.05, 4.69) is 32.2 Å². The van der Waals surface area contributed by atoms with Crippen LogP contribution in [0.25, 0.3) is 0 Å². The molecule has 0 radical (unpaired) electrons. The maximum Gasteiger partial charge on any atom is 0.316 e. The van der Waals surface area contributed by atoms with Crippen LogP contribution in [0, 0.1) is 20.8 Å². The van der Waals surface area contributed by atoms with Gasteiger partial charge in [0.05, 0.1) is 7.11 Å². The molecule has 0 bridgehead atoms. The van der Waals surface area contributed by atoms with Gasteiger partial charge < -0.3 is 15.0 Å². The Morgan fingerprint density at radius 2 is 1.95 bits per heavy atom. The highest BCUT2D eigenvalue weighted by Gasteiger charge is 2.12. The number of methoxy groups -OCH3 is 1. The fourth-order valence-corrected chi connectivity index (χ4v) is 2.30. The molecule has 1 aromatic carbocycles. The van der Waals surface area contributed by atoms with Gasteiger partial charge >= 0.3 is 6.03 Å². The Morgan fingerprint density at radius 3 is 2.47 bits per heavy atom. The highest BCUT2D eigenvalue weighted by Crippen LogP contribution is 2.28. The molecular weight excluding hydrogens is 240 g/mol. The predicted molar refractivity (Wildman–Crippen MR) is 78.0 cm³/mol. The van der Waals surface area contributed by atoms with Crippen LogP contribution in [0.2, 0.25) is 0 Å². The summed E-state index contributed by atoms with van der Waals surface area (Å²) in [5.74, 6) is 0.959. The lowest BCUT2D eigenvalue weighted by Crippen LogP contribution is -2.36. The number of likely N-dealkylation sites (N-methyl/N-ethyl adjacent to an activating group) is 1. The van der Waals surface area contributed by atoms with E-state index in [4.69, 9.17) is 4.74 Å². The highest BCUT2D eigenvalue weighted by atomic mass is 16.5. The van der Waals surface area contributed by atoms with Crippen molar-refractivity contribution in [1.82, 2.24) is 10.2 Å². The van der Waals surface area contributed by atoms with Gasteiger partial charge in [-0.05, 0) is 49.4 Å². The van der Waals surface area contributed by atoms with Gasteiger partial charge in [-0.15, -0.1) is 0 Å². The van der Waals surface area contributed by atoms with Gasteiger partial charge in [-0.3, -0.25) is 0 Å². The van der Waals surface area contributed by atoms with Gasteiger partial charge in [0, 0.05) is 20.6 Å². The monoisotopic (exact) mass is 264 g/mol. The summed E-state index contributed by atoms with van der Waals surface area (Å²) < 4.78 is 5.42. The lowest BCUT2D eigenvalue weighted by Gasteiger charge is -2.19. The fourth-order valence-electron chi connectivity index (χ4n) is 2.30. The first kappa shape index (κ1) is 15.3. The van der Waals surface area contributed by atoms with Crippen molar-refractivity contribution in [3.05, 3.63) is 28.3 Å². The first-order chi connectivity index (χ1) is 8.92. The van der Waals surface area contributed by atoms with Gasteiger partial charge in [0.2, 0.25) is 0 Å². The van der Waals surface area contributed by atoms with Crippen molar-refractivity contribution in [1.29, 1.82) is 0 Å². The van der Waals surface area contributed by atoms with Gasteiger partial charge in [0.15, 0.2) is 0 Å². The maximum atomic E-state index is 11.4. The van der Waals surface area contributed by atoms with E-state index in [0.717, 1.165) is 17.7 Å². The second-order valence-electron chi connectivity index (χ2n) is 4.86. The van der Waals surface area contributed by atoms with Crippen molar-refractivity contribution in [2.75, 3.05) is 27.7 Å². The zero-order chi connectivity index (χ0) is 14.6. The molecule has 0 aliphatic rings. The Balaban J connectivity index is 2.88. The molecule has 4 heteroatoms. The summed E-state index contributed by atoms with van der Waals surface area (Å²) in [6.45, 7) is 6.93. The van der Waals surface area contributed by atoms with Crippen molar-refractivity contribution in [3.63, 3.8) is 0 Å². The van der Waals surface area contributed by atoms with Crippen LogP contribution in [0.15, 0.2) is 6.07 Å². The first-order valence-corrected chi connectivity index (χ1v) is 6.48. The van der Waals surface area contributed by atoms with Gasteiger partial charge in [-0.25, -0.2) is 4.79 Å². The molecule has 0 saturated carbocycles. The van der Waals surface area contributed by atoms with Crippen molar-refractivity contribution in [2.45, 2.75) is 27.2 Å². The van der Waals surface area contributed by atoms with Crippen LogP contribution in [0.1, 0.15) is 22.3 Å². The molecule has 0 aromatic heterocycles. The number of nitrogens with zero attached hydrogens (tertiary/aromatic N) is 1. The first-order valence-electron chi connectivity index (χ1n) is 6.48. The predicted octanol–water partition coefficient (Wildman–Crippen LogP) is 2.43. The summed E-state index contributed by atoms with van der Waals surface area (Å²) in [4.78, 5) is 13.1. The lowest BCUT2D eigenvalue weighted by atomic mass is 9.96. The van der Waals surface area contributed by atoms with Crippen LogP contribution in [-0.4, -0.2) is 38.7 Å². The Labute approximate surface area is 115 Å². The van der Waals surface area contributed by atoms with Crippen LogP contribution < -0.4 is 10.1 Å². The Morgan fingerprint density at radius 1 is 1.32 bits per heavy atom. The molecule has 2 amide bonds. The van der Waals surface area contributed by atoms with E-state index in [1.54, 1.807) is 26.1 Å². The largest absolute Gasteiger partial charge is 0.496 e. The summed E-state index contributed by atoms with van der Waals surface area (Å²) in [5.41, 5.74) is 4.84. The van der Waals surface area contributed by atoms with Crippen LogP contribution in [-0.2, 0) is 6.42 Å². The van der Waals surface area contributed by atoms with Crippen LogP contribution >= 0.6 is 0 Å². The number of aryl methyl sites for hydroxylation is 1. The molecule has 1 rings (SSSR count). The summed E-state index contributed by atoms with van der Waals surface area (Å²) in [6, 6.07) is 2.10. The summed E-state index contributed by atoms with van der Waals surface area (Å²) in [6.07, 6.45) is 0.849. The Hall–Kier alpha value is -1.71. The summed E-state index contributed by atoms with van der Waals surface area (Å²) in [5, 5.41) is 2.62. The van der Waals surface area contributed by atoms with E-state index in [1.165, 1.54) is 16.7 Å². The molecule has 19 heavy (non-hydrogen) atoms. The topological polar surface area (TPSA) is 41.6 Å². The normalized spacial score (nSPS) is 10.2.